The molecule has 0 aromatic heterocycles. The average molecular weight is 152 g/mol. The lowest BCUT2D eigenvalue weighted by molar-refractivity contribution is -0.120. The first-order chi connectivity index (χ1) is 5.43. The Bertz CT molecular complexity index is 182. The van der Waals surface area contributed by atoms with Crippen molar-refractivity contribution in [2.24, 2.45) is 0 Å². The largest absolute Gasteiger partial charge is 0.429 e. The van der Waals surface area contributed by atoms with Gasteiger partial charge in [0.15, 0.2) is 0 Å². The monoisotopic (exact) mass is 152 g/mol. The van der Waals surface area contributed by atoms with Crippen LogP contribution >= 0.6 is 0 Å². The second kappa shape index (κ2) is 6.81. The van der Waals surface area contributed by atoms with E-state index < -0.39 is 0 Å². The first-order valence-corrected chi connectivity index (χ1v) is 3.59. The van der Waals surface area contributed by atoms with E-state index in [1.807, 2.05) is 19.9 Å². The molecule has 1 aromatic carbocycles. The van der Waals surface area contributed by atoms with Crippen LogP contribution in [0.1, 0.15) is 13.8 Å². The predicted octanol–water partition coefficient (Wildman–Crippen LogP) is 2.25. The molecular weight excluding hydrogens is 140 g/mol. The normalized spacial score (nSPS) is 7.45. The van der Waals surface area contributed by atoms with Crippen molar-refractivity contribution in [2.45, 2.75) is 13.8 Å². The van der Waals surface area contributed by atoms with Crippen molar-refractivity contribution in [2.75, 3.05) is 0 Å². The summed E-state index contributed by atoms with van der Waals surface area (Å²) in [5.74, 6) is 0.576. The summed E-state index contributed by atoms with van der Waals surface area (Å²) in [4.78, 5) is 9.75. The molecule has 11 heavy (non-hydrogen) atoms. The SMILES string of the molecule is CC.O=COc1ccccc1. The molecule has 0 aliphatic carbocycles. The molecule has 0 heterocycles. The molecule has 1 rings (SSSR count). The van der Waals surface area contributed by atoms with Crippen molar-refractivity contribution in [1.29, 1.82) is 0 Å². The van der Waals surface area contributed by atoms with Gasteiger partial charge in [0.2, 0.25) is 0 Å². The smallest absolute Gasteiger partial charge is 0.298 e. The van der Waals surface area contributed by atoms with Crippen LogP contribution in [0.25, 0.3) is 0 Å². The van der Waals surface area contributed by atoms with E-state index in [4.69, 9.17) is 0 Å². The van der Waals surface area contributed by atoms with Gasteiger partial charge in [0.25, 0.3) is 6.47 Å². The Morgan fingerprint density at radius 2 is 1.73 bits per heavy atom. The lowest BCUT2D eigenvalue weighted by Gasteiger charge is -1.92. The van der Waals surface area contributed by atoms with E-state index in [-0.39, 0.29) is 0 Å². The molecule has 1 aromatic rings. The molecule has 0 fully saturated rings. The maximum atomic E-state index is 9.75. The lowest BCUT2D eigenvalue weighted by Crippen LogP contribution is -1.85. The maximum Gasteiger partial charge on any atom is 0.298 e. The van der Waals surface area contributed by atoms with Gasteiger partial charge in [-0.2, -0.15) is 0 Å². The molecule has 0 amide bonds. The molecule has 2 nitrogen and oxygen atoms in total. The summed E-state index contributed by atoms with van der Waals surface area (Å²) >= 11 is 0. The van der Waals surface area contributed by atoms with E-state index in [0.29, 0.717) is 12.2 Å². The summed E-state index contributed by atoms with van der Waals surface area (Å²) in [6, 6.07) is 8.90. The molecule has 0 saturated carbocycles. The number of carbonyl (C=O) groups excluding carboxylic acids is 1. The molecule has 2 heteroatoms. The highest BCUT2D eigenvalue weighted by Gasteiger charge is 1.84. The van der Waals surface area contributed by atoms with Crippen LogP contribution in [0.4, 0.5) is 0 Å². The lowest BCUT2D eigenvalue weighted by atomic mass is 10.3. The summed E-state index contributed by atoms with van der Waals surface area (Å²) in [6.45, 7) is 4.41. The maximum absolute atomic E-state index is 9.75. The van der Waals surface area contributed by atoms with Crippen molar-refractivity contribution < 1.29 is 9.53 Å². The minimum atomic E-state index is 0.412. The summed E-state index contributed by atoms with van der Waals surface area (Å²) in [5, 5.41) is 0. The van der Waals surface area contributed by atoms with Gasteiger partial charge in [-0.15, -0.1) is 0 Å². The van der Waals surface area contributed by atoms with Crippen molar-refractivity contribution in [1.82, 2.24) is 0 Å². The molecule has 0 radical (unpaired) electrons. The van der Waals surface area contributed by atoms with Gasteiger partial charge in [0.05, 0.1) is 0 Å². The zero-order chi connectivity index (χ0) is 8.53. The fraction of sp³-hybridized carbons (Fsp3) is 0.222. The number of hydrogen-bond donors (Lipinski definition) is 0. The van der Waals surface area contributed by atoms with Gasteiger partial charge in [0, 0.05) is 0 Å². The molecule has 0 unspecified atom stereocenters. The Morgan fingerprint density at radius 1 is 1.18 bits per heavy atom. The van der Waals surface area contributed by atoms with Crippen molar-refractivity contribution in [3.05, 3.63) is 30.3 Å². The van der Waals surface area contributed by atoms with Crippen LogP contribution in [0.5, 0.6) is 5.75 Å². The second-order valence-electron chi connectivity index (χ2n) is 1.53. The van der Waals surface area contributed by atoms with Gasteiger partial charge in [-0.3, -0.25) is 4.79 Å². The van der Waals surface area contributed by atoms with Crippen LogP contribution in [0, 0.1) is 0 Å². The topological polar surface area (TPSA) is 26.3 Å². The summed E-state index contributed by atoms with van der Waals surface area (Å²) in [6.07, 6.45) is 0. The summed E-state index contributed by atoms with van der Waals surface area (Å²) in [5.41, 5.74) is 0. The third-order valence-corrected chi connectivity index (χ3v) is 0.927. The number of rotatable bonds is 2. The van der Waals surface area contributed by atoms with Crippen LogP contribution in [0.15, 0.2) is 30.3 Å². The molecule has 0 bridgehead atoms. The van der Waals surface area contributed by atoms with E-state index >= 15 is 0 Å². The molecule has 0 aliphatic heterocycles. The zero-order valence-corrected chi connectivity index (χ0v) is 6.78. The highest BCUT2D eigenvalue weighted by molar-refractivity contribution is 5.44. The Kier molecular flexibility index (Phi) is 5.99. The van der Waals surface area contributed by atoms with Gasteiger partial charge >= 0.3 is 0 Å². The third kappa shape index (κ3) is 4.14. The van der Waals surface area contributed by atoms with E-state index in [0.717, 1.165) is 0 Å². The number of carbonyl (C=O) groups is 1. The number of hydrogen-bond acceptors (Lipinski definition) is 2. The first-order valence-electron chi connectivity index (χ1n) is 3.59. The molecule has 0 N–H and O–H groups in total. The quantitative estimate of drug-likeness (QED) is 0.607. The molecule has 0 spiro atoms. The van der Waals surface area contributed by atoms with Crippen LogP contribution in [-0.2, 0) is 4.79 Å². The van der Waals surface area contributed by atoms with Crippen molar-refractivity contribution in [3.8, 4) is 5.75 Å². The van der Waals surface area contributed by atoms with Crippen LogP contribution < -0.4 is 4.74 Å². The Balaban J connectivity index is 0.000000461. The van der Waals surface area contributed by atoms with Crippen molar-refractivity contribution >= 4 is 6.47 Å². The zero-order valence-electron chi connectivity index (χ0n) is 6.78. The standard InChI is InChI=1S/C7H6O2.C2H6/c8-6-9-7-4-2-1-3-5-7;1-2/h1-6H;1-2H3. The number of para-hydroxylation sites is 1. The number of benzene rings is 1. The van der Waals surface area contributed by atoms with Gasteiger partial charge in [-0.25, -0.2) is 0 Å². The van der Waals surface area contributed by atoms with Crippen molar-refractivity contribution in [3.63, 3.8) is 0 Å². The van der Waals surface area contributed by atoms with Crippen LogP contribution in [0.2, 0.25) is 0 Å². The molecule has 0 aliphatic rings. The van der Waals surface area contributed by atoms with Gasteiger partial charge < -0.3 is 4.74 Å². The van der Waals surface area contributed by atoms with E-state index in [1.165, 1.54) is 0 Å². The number of ether oxygens (including phenoxy) is 1. The van der Waals surface area contributed by atoms with Gasteiger partial charge in [-0.05, 0) is 12.1 Å². The molecule has 0 saturated heterocycles. The fourth-order valence-corrected chi connectivity index (χ4v) is 0.555. The molecular formula is C9H12O2. The summed E-state index contributed by atoms with van der Waals surface area (Å²) in [7, 11) is 0. The Hall–Kier alpha value is -1.31. The Labute approximate surface area is 66.8 Å². The van der Waals surface area contributed by atoms with E-state index in [9.17, 15) is 4.79 Å². The second-order valence-corrected chi connectivity index (χ2v) is 1.53. The minimum absolute atomic E-state index is 0.412. The third-order valence-electron chi connectivity index (χ3n) is 0.927. The van der Waals surface area contributed by atoms with E-state index in [2.05, 4.69) is 4.74 Å². The molecule has 0 atom stereocenters. The highest BCUT2D eigenvalue weighted by Crippen LogP contribution is 2.05. The molecule has 60 valence electrons. The predicted molar refractivity (Wildman–Crippen MR) is 44.5 cm³/mol. The minimum Gasteiger partial charge on any atom is -0.429 e. The van der Waals surface area contributed by atoms with Gasteiger partial charge in [-0.1, -0.05) is 32.0 Å². The first kappa shape index (κ1) is 9.69. The van der Waals surface area contributed by atoms with Crippen LogP contribution in [-0.4, -0.2) is 6.47 Å². The fourth-order valence-electron chi connectivity index (χ4n) is 0.555. The van der Waals surface area contributed by atoms with E-state index in [1.54, 1.807) is 24.3 Å². The van der Waals surface area contributed by atoms with Gasteiger partial charge in [0.1, 0.15) is 5.75 Å². The van der Waals surface area contributed by atoms with Crippen LogP contribution in [0.3, 0.4) is 0 Å². The highest BCUT2D eigenvalue weighted by atomic mass is 16.5. The Morgan fingerprint density at radius 3 is 2.18 bits per heavy atom. The summed E-state index contributed by atoms with van der Waals surface area (Å²) < 4.78 is 4.53. The average Bonchev–Trinajstić information content (AvgIpc) is 2.11.